The summed E-state index contributed by atoms with van der Waals surface area (Å²) in [5.74, 6) is 0.784. The van der Waals surface area contributed by atoms with E-state index < -0.39 is 0 Å². The van der Waals surface area contributed by atoms with Crippen molar-refractivity contribution in [1.82, 2.24) is 19.5 Å². The van der Waals surface area contributed by atoms with Crippen LogP contribution in [0.25, 0.3) is 21.9 Å². The summed E-state index contributed by atoms with van der Waals surface area (Å²) in [6.07, 6.45) is 1.58. The predicted molar refractivity (Wildman–Crippen MR) is 95.6 cm³/mol. The fourth-order valence-corrected chi connectivity index (χ4v) is 3.12. The van der Waals surface area contributed by atoms with E-state index in [1.165, 1.54) is 0 Å². The summed E-state index contributed by atoms with van der Waals surface area (Å²) < 4.78 is 2.79. The van der Waals surface area contributed by atoms with Crippen LogP contribution in [-0.4, -0.2) is 19.5 Å². The van der Waals surface area contributed by atoms with Crippen LogP contribution in [0.5, 0.6) is 0 Å². The largest absolute Gasteiger partial charge is 0.340 e. The van der Waals surface area contributed by atoms with Crippen molar-refractivity contribution in [3.63, 3.8) is 0 Å². The van der Waals surface area contributed by atoms with Crippen molar-refractivity contribution >= 4 is 45.7 Å². The molecule has 2 N–H and O–H groups in total. The second-order valence-corrected chi connectivity index (χ2v) is 5.66. The summed E-state index contributed by atoms with van der Waals surface area (Å²) in [7, 11) is 0. The van der Waals surface area contributed by atoms with E-state index in [1.807, 2.05) is 30.3 Å². The molecule has 114 valence electrons. The van der Waals surface area contributed by atoms with Crippen molar-refractivity contribution in [2.45, 2.75) is 13.5 Å². The highest BCUT2D eigenvalue weighted by molar-refractivity contribution is 7.71. The zero-order valence-electron chi connectivity index (χ0n) is 12.6. The zero-order valence-corrected chi connectivity index (χ0v) is 13.4. The number of imidazole rings is 1. The summed E-state index contributed by atoms with van der Waals surface area (Å²) in [5.41, 5.74) is 3.94. The van der Waals surface area contributed by atoms with Crippen LogP contribution >= 0.6 is 12.2 Å². The molecular weight excluding hydrogens is 306 g/mol. The average Bonchev–Trinajstić information content (AvgIpc) is 2.88. The molecule has 0 saturated heterocycles. The van der Waals surface area contributed by atoms with Gasteiger partial charge in [0.15, 0.2) is 4.77 Å². The Morgan fingerprint density at radius 3 is 2.78 bits per heavy atom. The van der Waals surface area contributed by atoms with Gasteiger partial charge in [0, 0.05) is 17.6 Å². The Morgan fingerprint density at radius 2 is 2.00 bits per heavy atom. The lowest BCUT2D eigenvalue weighted by Crippen LogP contribution is -1.97. The molecule has 6 heteroatoms. The lowest BCUT2D eigenvalue weighted by Gasteiger charge is -2.08. The van der Waals surface area contributed by atoms with E-state index in [0.29, 0.717) is 0 Å². The Morgan fingerprint density at radius 1 is 1.17 bits per heavy atom. The second kappa shape index (κ2) is 5.48. The highest BCUT2D eigenvalue weighted by Crippen LogP contribution is 2.27. The number of anilines is 2. The number of nitrogens with zero attached hydrogens (tertiary/aromatic N) is 3. The molecule has 0 bridgehead atoms. The van der Waals surface area contributed by atoms with Crippen LogP contribution in [0.15, 0.2) is 48.8 Å². The van der Waals surface area contributed by atoms with Gasteiger partial charge in [-0.2, -0.15) is 0 Å². The number of hydrogen-bond acceptors (Lipinski definition) is 4. The molecule has 0 unspecified atom stereocenters. The third kappa shape index (κ3) is 2.37. The lowest BCUT2D eigenvalue weighted by atomic mass is 10.2. The van der Waals surface area contributed by atoms with Crippen molar-refractivity contribution in [3.8, 4) is 0 Å². The van der Waals surface area contributed by atoms with Crippen molar-refractivity contribution in [2.24, 2.45) is 0 Å². The van der Waals surface area contributed by atoms with Gasteiger partial charge in [0.05, 0.1) is 16.6 Å². The zero-order chi connectivity index (χ0) is 15.8. The number of para-hydroxylation sites is 1. The fraction of sp³-hybridized carbons (Fsp3) is 0.118. The molecular formula is C17H15N5S. The molecule has 0 amide bonds. The van der Waals surface area contributed by atoms with Crippen molar-refractivity contribution < 1.29 is 0 Å². The van der Waals surface area contributed by atoms with Crippen LogP contribution in [0.2, 0.25) is 0 Å². The maximum atomic E-state index is 5.38. The van der Waals surface area contributed by atoms with E-state index in [9.17, 15) is 0 Å². The number of hydrogen-bond donors (Lipinski definition) is 2. The lowest BCUT2D eigenvalue weighted by molar-refractivity contribution is 0.774. The minimum absolute atomic E-state index is 0.725. The average molecular weight is 321 g/mol. The third-order valence-electron chi connectivity index (χ3n) is 3.88. The molecule has 0 atom stereocenters. The van der Waals surface area contributed by atoms with E-state index in [4.69, 9.17) is 12.2 Å². The predicted octanol–water partition coefficient (Wildman–Crippen LogP) is 4.41. The number of aromatic nitrogens is 4. The monoisotopic (exact) mass is 321 g/mol. The SMILES string of the molecule is CCn1c(=S)[nH]c2cc3c(Nc4ccccc4)ncnc3cc21. The number of H-pyrrole nitrogens is 1. The highest BCUT2D eigenvalue weighted by atomic mass is 32.1. The molecule has 0 aliphatic heterocycles. The van der Waals surface area contributed by atoms with Crippen LogP contribution in [-0.2, 0) is 6.54 Å². The molecule has 23 heavy (non-hydrogen) atoms. The number of nitrogens with one attached hydrogen (secondary N) is 2. The molecule has 2 heterocycles. The van der Waals surface area contributed by atoms with Gasteiger partial charge in [0.2, 0.25) is 0 Å². The maximum absolute atomic E-state index is 5.38. The molecule has 0 radical (unpaired) electrons. The van der Waals surface area contributed by atoms with E-state index in [2.05, 4.69) is 43.9 Å². The summed E-state index contributed by atoms with van der Waals surface area (Å²) in [6.45, 7) is 2.90. The smallest absolute Gasteiger partial charge is 0.178 e. The van der Waals surface area contributed by atoms with Gasteiger partial charge in [-0.15, -0.1) is 0 Å². The Hall–Kier alpha value is -2.73. The molecule has 0 spiro atoms. The number of rotatable bonds is 3. The van der Waals surface area contributed by atoms with E-state index in [0.717, 1.165) is 44.8 Å². The number of fused-ring (bicyclic) bond motifs is 2. The van der Waals surface area contributed by atoms with Gasteiger partial charge in [-0.1, -0.05) is 18.2 Å². The molecule has 0 fully saturated rings. The Kier molecular flexibility index (Phi) is 3.31. The first-order valence-corrected chi connectivity index (χ1v) is 7.86. The molecule has 0 aliphatic rings. The van der Waals surface area contributed by atoms with E-state index in [1.54, 1.807) is 6.33 Å². The summed E-state index contributed by atoms with van der Waals surface area (Å²) in [6, 6.07) is 14.1. The summed E-state index contributed by atoms with van der Waals surface area (Å²) >= 11 is 5.38. The normalized spacial score (nSPS) is 11.2. The molecule has 2 aromatic heterocycles. The third-order valence-corrected chi connectivity index (χ3v) is 4.21. The van der Waals surface area contributed by atoms with Gasteiger partial charge in [-0.25, -0.2) is 9.97 Å². The van der Waals surface area contributed by atoms with E-state index in [-0.39, 0.29) is 0 Å². The minimum Gasteiger partial charge on any atom is -0.340 e. The molecule has 2 aromatic carbocycles. The number of aryl methyl sites for hydroxylation is 1. The topological polar surface area (TPSA) is 58.5 Å². The van der Waals surface area contributed by atoms with Gasteiger partial charge in [-0.05, 0) is 43.4 Å². The summed E-state index contributed by atoms with van der Waals surface area (Å²) in [4.78, 5) is 12.1. The first-order chi connectivity index (χ1) is 11.3. The number of benzene rings is 2. The Bertz CT molecular complexity index is 1050. The molecule has 0 saturated carbocycles. The first-order valence-electron chi connectivity index (χ1n) is 7.45. The van der Waals surface area contributed by atoms with Gasteiger partial charge in [0.1, 0.15) is 12.1 Å². The molecule has 0 aliphatic carbocycles. The molecule has 4 rings (SSSR count). The van der Waals surface area contributed by atoms with Crippen molar-refractivity contribution in [3.05, 3.63) is 53.6 Å². The van der Waals surface area contributed by atoms with Gasteiger partial charge in [0.25, 0.3) is 0 Å². The Labute approximate surface area is 138 Å². The highest BCUT2D eigenvalue weighted by Gasteiger charge is 2.09. The molecule has 5 nitrogen and oxygen atoms in total. The van der Waals surface area contributed by atoms with Gasteiger partial charge in [-0.3, -0.25) is 0 Å². The first kappa shape index (κ1) is 13.9. The van der Waals surface area contributed by atoms with Crippen LogP contribution in [0, 0.1) is 4.77 Å². The second-order valence-electron chi connectivity index (χ2n) is 5.27. The summed E-state index contributed by atoms with van der Waals surface area (Å²) in [5, 5.41) is 4.31. The van der Waals surface area contributed by atoms with Crippen LogP contribution in [0.1, 0.15) is 6.92 Å². The van der Waals surface area contributed by atoms with Crippen molar-refractivity contribution in [1.29, 1.82) is 0 Å². The molecule has 4 aromatic rings. The fourth-order valence-electron chi connectivity index (χ4n) is 2.78. The Balaban J connectivity index is 1.93. The standard InChI is InChI=1S/C17H15N5S/c1-2-22-15-9-13-12(8-14(15)21-17(22)23)16(19-10-18-13)20-11-6-4-3-5-7-11/h3-10H,2H2,1H3,(H,21,23)(H,18,19,20). The number of aromatic amines is 1. The van der Waals surface area contributed by atoms with E-state index >= 15 is 0 Å². The maximum Gasteiger partial charge on any atom is 0.178 e. The van der Waals surface area contributed by atoms with Gasteiger partial charge >= 0.3 is 0 Å². The van der Waals surface area contributed by atoms with Crippen LogP contribution in [0.4, 0.5) is 11.5 Å². The van der Waals surface area contributed by atoms with Crippen LogP contribution < -0.4 is 5.32 Å². The quantitative estimate of drug-likeness (QED) is 0.549. The van der Waals surface area contributed by atoms with Crippen molar-refractivity contribution in [2.75, 3.05) is 5.32 Å². The minimum atomic E-state index is 0.725. The van der Waals surface area contributed by atoms with Gasteiger partial charge < -0.3 is 14.9 Å². The van der Waals surface area contributed by atoms with Crippen LogP contribution in [0.3, 0.4) is 0 Å².